The van der Waals surface area contributed by atoms with Crippen molar-refractivity contribution in [3.05, 3.63) is 75.7 Å². The maximum Gasteiger partial charge on any atom is 0.307 e. The summed E-state index contributed by atoms with van der Waals surface area (Å²) in [6.45, 7) is 5.80. The lowest BCUT2D eigenvalue weighted by molar-refractivity contribution is -0.136. The van der Waals surface area contributed by atoms with Gasteiger partial charge in [-0.15, -0.1) is 0 Å². The van der Waals surface area contributed by atoms with Gasteiger partial charge in [-0.2, -0.15) is 0 Å². The molecule has 0 saturated carbocycles. The summed E-state index contributed by atoms with van der Waals surface area (Å²) in [6.07, 6.45) is -0.201. The molecule has 1 heterocycles. The van der Waals surface area contributed by atoms with Crippen molar-refractivity contribution in [2.24, 2.45) is 7.05 Å². The van der Waals surface area contributed by atoms with E-state index in [0.717, 1.165) is 11.3 Å². The molecule has 9 heteroatoms. The number of sulfonamides is 1. The molecule has 0 saturated heterocycles. The molecular formula is C22H25N3O5S. The lowest BCUT2D eigenvalue weighted by Crippen LogP contribution is -2.21. The van der Waals surface area contributed by atoms with Crippen LogP contribution >= 0.6 is 0 Å². The van der Waals surface area contributed by atoms with Gasteiger partial charge in [-0.3, -0.25) is 19.0 Å². The number of aromatic nitrogens is 2. The lowest BCUT2D eigenvalue weighted by Gasteiger charge is -2.11. The maximum atomic E-state index is 12.9. The number of benzene rings is 2. The number of aliphatic carboxylic acids is 1. The van der Waals surface area contributed by atoms with E-state index in [-0.39, 0.29) is 28.5 Å². The Kier molecular flexibility index (Phi) is 6.08. The van der Waals surface area contributed by atoms with Crippen LogP contribution in [0.2, 0.25) is 0 Å². The third-order valence-corrected chi connectivity index (χ3v) is 6.50. The third-order valence-electron chi connectivity index (χ3n) is 5.10. The molecule has 0 aliphatic heterocycles. The number of anilines is 1. The first-order chi connectivity index (χ1) is 14.5. The normalized spacial score (nSPS) is 11.6. The summed E-state index contributed by atoms with van der Waals surface area (Å²) >= 11 is 0. The fourth-order valence-electron chi connectivity index (χ4n) is 3.58. The Morgan fingerprint density at radius 3 is 2.32 bits per heavy atom. The average molecular weight is 444 g/mol. The van der Waals surface area contributed by atoms with Crippen LogP contribution in [0.4, 0.5) is 5.69 Å². The van der Waals surface area contributed by atoms with Gasteiger partial charge in [-0.05, 0) is 54.8 Å². The highest BCUT2D eigenvalue weighted by Crippen LogP contribution is 2.21. The monoisotopic (exact) mass is 443 g/mol. The Balaban J connectivity index is 1.91. The molecule has 3 rings (SSSR count). The van der Waals surface area contributed by atoms with Gasteiger partial charge in [0.25, 0.3) is 15.6 Å². The molecule has 0 bridgehead atoms. The van der Waals surface area contributed by atoms with Crippen LogP contribution in [0, 0.1) is 6.92 Å². The second-order valence-electron chi connectivity index (χ2n) is 7.66. The molecule has 0 amide bonds. The molecule has 8 nitrogen and oxygen atoms in total. The number of nitrogens with zero attached hydrogens (tertiary/aromatic N) is 2. The Bertz CT molecular complexity index is 1290. The summed E-state index contributed by atoms with van der Waals surface area (Å²) < 4.78 is 31.3. The second kappa shape index (κ2) is 8.43. The van der Waals surface area contributed by atoms with Gasteiger partial charge in [0.2, 0.25) is 0 Å². The molecule has 1 aromatic heterocycles. The average Bonchev–Trinajstić information content (AvgIpc) is 2.90. The molecule has 0 unspecified atom stereocenters. The van der Waals surface area contributed by atoms with E-state index in [2.05, 4.69) is 4.72 Å². The van der Waals surface area contributed by atoms with E-state index in [1.54, 1.807) is 42.1 Å². The fraction of sp³-hybridized carbons (Fsp3) is 0.273. The van der Waals surface area contributed by atoms with Crippen molar-refractivity contribution in [2.75, 3.05) is 4.72 Å². The van der Waals surface area contributed by atoms with Crippen LogP contribution < -0.4 is 10.3 Å². The molecule has 0 aliphatic rings. The Morgan fingerprint density at radius 2 is 1.77 bits per heavy atom. The zero-order valence-corrected chi connectivity index (χ0v) is 18.6. The van der Waals surface area contributed by atoms with Gasteiger partial charge in [0.05, 0.1) is 17.0 Å². The number of carboxylic acids is 1. The molecule has 0 aliphatic carbocycles. The van der Waals surface area contributed by atoms with Gasteiger partial charge in [-0.1, -0.05) is 26.0 Å². The quantitative estimate of drug-likeness (QED) is 0.583. The second-order valence-corrected chi connectivity index (χ2v) is 9.35. The van der Waals surface area contributed by atoms with E-state index in [1.165, 1.54) is 22.9 Å². The van der Waals surface area contributed by atoms with Crippen molar-refractivity contribution >= 4 is 21.7 Å². The predicted molar refractivity (Wildman–Crippen MR) is 118 cm³/mol. The van der Waals surface area contributed by atoms with E-state index in [1.807, 2.05) is 20.8 Å². The predicted octanol–water partition coefficient (Wildman–Crippen LogP) is 3.04. The molecule has 2 N–H and O–H groups in total. The molecule has 0 atom stereocenters. The van der Waals surface area contributed by atoms with Gasteiger partial charge in [-0.25, -0.2) is 13.1 Å². The molecule has 0 fully saturated rings. The minimum atomic E-state index is -3.89. The number of carboxylic acid groups (broad SMARTS) is 1. The molecule has 3 aromatic rings. The van der Waals surface area contributed by atoms with E-state index in [4.69, 9.17) is 5.11 Å². The highest BCUT2D eigenvalue weighted by molar-refractivity contribution is 7.92. The van der Waals surface area contributed by atoms with Crippen molar-refractivity contribution in [3.8, 4) is 5.69 Å². The number of hydrogen-bond acceptors (Lipinski definition) is 4. The summed E-state index contributed by atoms with van der Waals surface area (Å²) in [6, 6.07) is 12.3. The van der Waals surface area contributed by atoms with Gasteiger partial charge in [0.1, 0.15) is 0 Å². The van der Waals surface area contributed by atoms with Crippen LogP contribution in [-0.2, 0) is 28.3 Å². The van der Waals surface area contributed by atoms with Gasteiger partial charge < -0.3 is 5.11 Å². The fourth-order valence-corrected chi connectivity index (χ4v) is 4.63. The summed E-state index contributed by atoms with van der Waals surface area (Å²) in [4.78, 5) is 23.8. The third kappa shape index (κ3) is 4.56. The molecule has 2 aromatic carbocycles. The van der Waals surface area contributed by atoms with Crippen LogP contribution in [0.3, 0.4) is 0 Å². The van der Waals surface area contributed by atoms with Crippen LogP contribution in [0.1, 0.15) is 36.6 Å². The van der Waals surface area contributed by atoms with E-state index in [0.29, 0.717) is 11.3 Å². The molecular weight excluding hydrogens is 418 g/mol. The zero-order chi connectivity index (χ0) is 22.9. The van der Waals surface area contributed by atoms with Crippen molar-refractivity contribution in [2.45, 2.75) is 38.0 Å². The largest absolute Gasteiger partial charge is 0.481 e. The van der Waals surface area contributed by atoms with Crippen LogP contribution in [0.25, 0.3) is 5.69 Å². The number of carbonyl (C=O) groups is 1. The first-order valence-electron chi connectivity index (χ1n) is 9.73. The molecule has 31 heavy (non-hydrogen) atoms. The number of rotatable bonds is 7. The van der Waals surface area contributed by atoms with Gasteiger partial charge >= 0.3 is 5.97 Å². The van der Waals surface area contributed by atoms with E-state index < -0.39 is 16.0 Å². The number of nitrogens with one attached hydrogen (secondary N) is 1. The minimum absolute atomic E-state index is 0.0305. The van der Waals surface area contributed by atoms with Crippen LogP contribution in [0.15, 0.2) is 58.2 Å². The summed E-state index contributed by atoms with van der Waals surface area (Å²) in [7, 11) is -2.10. The smallest absolute Gasteiger partial charge is 0.307 e. The Hall–Kier alpha value is -3.33. The Morgan fingerprint density at radius 1 is 1.13 bits per heavy atom. The summed E-state index contributed by atoms with van der Waals surface area (Å²) in [5.41, 5.74) is 2.78. The zero-order valence-electron chi connectivity index (χ0n) is 17.8. The SMILES string of the molecule is Cc1c(C(C)C)c(=O)n(-c2ccc(S(=O)(=O)Nc3cccc(CC(=O)O)c3)cc2)n1C. The minimum Gasteiger partial charge on any atom is -0.481 e. The van der Waals surface area contributed by atoms with Crippen molar-refractivity contribution in [3.63, 3.8) is 0 Å². The highest BCUT2D eigenvalue weighted by atomic mass is 32.2. The van der Waals surface area contributed by atoms with E-state index in [9.17, 15) is 18.0 Å². The maximum absolute atomic E-state index is 12.9. The van der Waals surface area contributed by atoms with Gasteiger partial charge in [0.15, 0.2) is 0 Å². The van der Waals surface area contributed by atoms with Crippen molar-refractivity contribution in [1.29, 1.82) is 0 Å². The molecule has 0 spiro atoms. The van der Waals surface area contributed by atoms with Crippen molar-refractivity contribution in [1.82, 2.24) is 9.36 Å². The molecule has 0 radical (unpaired) electrons. The van der Waals surface area contributed by atoms with Crippen LogP contribution in [0.5, 0.6) is 0 Å². The first kappa shape index (κ1) is 22.4. The lowest BCUT2D eigenvalue weighted by atomic mass is 10.0. The Labute approximate surface area is 180 Å². The van der Waals surface area contributed by atoms with Crippen molar-refractivity contribution < 1.29 is 18.3 Å². The molecule has 164 valence electrons. The van der Waals surface area contributed by atoms with Gasteiger partial charge in [0, 0.05) is 24.0 Å². The standard InChI is InChI=1S/C22H25N3O5S/c1-14(2)21-15(3)24(4)25(22(21)28)18-8-10-19(11-9-18)31(29,30)23-17-7-5-6-16(12-17)13-20(26)27/h5-12,14,23H,13H2,1-4H3,(H,26,27). The van der Waals surface area contributed by atoms with Crippen LogP contribution in [-0.4, -0.2) is 28.9 Å². The number of hydrogen-bond donors (Lipinski definition) is 2. The first-order valence-corrected chi connectivity index (χ1v) is 11.2. The highest BCUT2D eigenvalue weighted by Gasteiger charge is 2.20. The topological polar surface area (TPSA) is 110 Å². The van der Waals surface area contributed by atoms with E-state index >= 15 is 0 Å². The summed E-state index contributed by atoms with van der Waals surface area (Å²) in [5.74, 6) is -0.928. The summed E-state index contributed by atoms with van der Waals surface area (Å²) in [5, 5.41) is 8.91.